The van der Waals surface area contributed by atoms with Gasteiger partial charge in [0.05, 0.1) is 39.0 Å². The van der Waals surface area contributed by atoms with Crippen molar-refractivity contribution in [3.63, 3.8) is 0 Å². The summed E-state index contributed by atoms with van der Waals surface area (Å²) >= 11 is 1.26. The van der Waals surface area contributed by atoms with Gasteiger partial charge in [-0.25, -0.2) is 23.8 Å². The van der Waals surface area contributed by atoms with Gasteiger partial charge in [-0.1, -0.05) is 23.5 Å². The Labute approximate surface area is 194 Å². The van der Waals surface area contributed by atoms with Crippen molar-refractivity contribution >= 4 is 32.2 Å². The molecule has 3 heterocycles. The van der Waals surface area contributed by atoms with E-state index < -0.39 is 15.8 Å². The minimum atomic E-state index is -2.95. The second-order valence-corrected chi connectivity index (χ2v) is 9.82. The van der Waals surface area contributed by atoms with Crippen molar-refractivity contribution in [2.45, 2.75) is 6.92 Å². The van der Waals surface area contributed by atoms with Crippen molar-refractivity contribution in [2.24, 2.45) is 0 Å². The maximum absolute atomic E-state index is 12.7. The van der Waals surface area contributed by atoms with Gasteiger partial charge in [-0.3, -0.25) is 10.2 Å². The quantitative estimate of drug-likeness (QED) is 0.548. The van der Waals surface area contributed by atoms with Gasteiger partial charge in [-0.2, -0.15) is 5.26 Å². The van der Waals surface area contributed by atoms with Crippen molar-refractivity contribution < 1.29 is 13.7 Å². The van der Waals surface area contributed by atoms with Gasteiger partial charge in [0.15, 0.2) is 5.13 Å². The summed E-state index contributed by atoms with van der Waals surface area (Å²) in [5.41, 5.74) is 3.37. The van der Waals surface area contributed by atoms with Crippen molar-refractivity contribution in [1.29, 1.82) is 10.0 Å². The highest BCUT2D eigenvalue weighted by Gasteiger charge is 2.20. The molecule has 0 saturated heterocycles. The highest BCUT2D eigenvalue weighted by Crippen LogP contribution is 2.40. The monoisotopic (exact) mass is 478 g/mol. The fourth-order valence-corrected chi connectivity index (χ4v) is 4.75. The first-order chi connectivity index (χ1) is 15.8. The van der Waals surface area contributed by atoms with Crippen LogP contribution in [-0.4, -0.2) is 32.2 Å². The van der Waals surface area contributed by atoms with Crippen LogP contribution in [0.25, 0.3) is 21.7 Å². The molecule has 11 heteroatoms. The topological polar surface area (TPSA) is 132 Å². The molecule has 0 aliphatic carbocycles. The number of ether oxygens (including phenoxy) is 1. The maximum Gasteiger partial charge on any atom is 0.331 e. The molecule has 9 nitrogen and oxygen atoms in total. The van der Waals surface area contributed by atoms with Crippen molar-refractivity contribution in [3.05, 3.63) is 70.9 Å². The van der Waals surface area contributed by atoms with Gasteiger partial charge in [0.1, 0.15) is 0 Å². The first kappa shape index (κ1) is 22.2. The number of nitrogens with zero attached hydrogens (tertiary/aromatic N) is 4. The first-order valence-electron chi connectivity index (χ1n) is 9.57. The number of aryl methyl sites for hydroxylation is 1. The summed E-state index contributed by atoms with van der Waals surface area (Å²) in [5, 5.41) is 14.7. The molecule has 0 atom stereocenters. The molecule has 0 unspecified atom stereocenters. The Morgan fingerprint density at radius 3 is 2.67 bits per heavy atom. The molecule has 0 bridgehead atoms. The number of urea groups is 1. The number of pyridine rings is 1. The first-order valence-corrected chi connectivity index (χ1v) is 12.1. The molecule has 1 aliphatic rings. The Kier molecular flexibility index (Phi) is 5.95. The fourth-order valence-electron chi connectivity index (χ4n) is 3.07. The molecule has 0 fully saturated rings. The zero-order chi connectivity index (χ0) is 23.6. The lowest BCUT2D eigenvalue weighted by Crippen LogP contribution is -2.27. The Hall–Kier alpha value is -4.01. The van der Waals surface area contributed by atoms with Gasteiger partial charge in [-0.15, -0.1) is 0 Å². The van der Waals surface area contributed by atoms with Gasteiger partial charge in [-0.05, 0) is 25.1 Å². The second-order valence-electron chi connectivity index (χ2n) is 6.98. The number of thiazole rings is 1. The van der Waals surface area contributed by atoms with E-state index in [1.165, 1.54) is 35.7 Å². The molecular weight excluding hydrogens is 460 g/mol. The number of aromatic nitrogens is 2. The molecule has 3 aromatic rings. The lowest BCUT2D eigenvalue weighted by molar-refractivity contribution is 0.239. The number of benzene rings is 1. The Morgan fingerprint density at radius 1 is 1.21 bits per heavy atom. The van der Waals surface area contributed by atoms with E-state index >= 15 is 0 Å². The molecule has 33 heavy (non-hydrogen) atoms. The van der Waals surface area contributed by atoms with Gasteiger partial charge >= 0.3 is 6.03 Å². The van der Waals surface area contributed by atoms with Crippen molar-refractivity contribution in [2.75, 3.05) is 12.4 Å². The van der Waals surface area contributed by atoms with Crippen LogP contribution in [0, 0.1) is 23.0 Å². The molecule has 1 aromatic carbocycles. The summed E-state index contributed by atoms with van der Waals surface area (Å²) in [4.78, 5) is 23.6. The number of rotatable bonds is 4. The molecule has 0 radical (unpaired) electrons. The summed E-state index contributed by atoms with van der Waals surface area (Å²) in [7, 11) is -1.42. The molecule has 0 saturated carbocycles. The SMILES string of the molecule is COc1cc(-c2sc(NC(=O)N3C=CS(=N)(=O)C=C3)nc2-c2cccc(C#N)c2)cc(C)n1. The molecular formula is C22H18N6O3S2. The van der Waals surface area contributed by atoms with Gasteiger partial charge < -0.3 is 4.74 Å². The van der Waals surface area contributed by atoms with E-state index in [4.69, 9.17) is 9.52 Å². The largest absolute Gasteiger partial charge is 0.481 e. The van der Waals surface area contributed by atoms with E-state index in [0.717, 1.165) is 32.5 Å². The minimum Gasteiger partial charge on any atom is -0.481 e. The summed E-state index contributed by atoms with van der Waals surface area (Å²) in [5.74, 6) is 0.447. The zero-order valence-corrected chi connectivity index (χ0v) is 19.2. The molecule has 2 aromatic heterocycles. The fraction of sp³-hybridized carbons (Fsp3) is 0.0909. The number of methoxy groups -OCH3 is 1. The predicted molar refractivity (Wildman–Crippen MR) is 127 cm³/mol. The lowest BCUT2D eigenvalue weighted by atomic mass is 10.0. The van der Waals surface area contributed by atoms with Crippen LogP contribution in [0.1, 0.15) is 11.3 Å². The average Bonchev–Trinajstić information content (AvgIpc) is 3.22. The molecule has 0 spiro atoms. The van der Waals surface area contributed by atoms with Gasteiger partial charge in [0.25, 0.3) is 0 Å². The lowest BCUT2D eigenvalue weighted by Gasteiger charge is -2.16. The summed E-state index contributed by atoms with van der Waals surface area (Å²) < 4.78 is 24.5. The number of nitriles is 1. The van der Waals surface area contributed by atoms with Crippen LogP contribution in [0.4, 0.5) is 9.93 Å². The van der Waals surface area contributed by atoms with Crippen LogP contribution in [0.15, 0.2) is 59.6 Å². The Balaban J connectivity index is 1.76. The zero-order valence-electron chi connectivity index (χ0n) is 17.6. The summed E-state index contributed by atoms with van der Waals surface area (Å²) in [6.07, 6.45) is 2.57. The van der Waals surface area contributed by atoms with E-state index in [9.17, 15) is 14.3 Å². The van der Waals surface area contributed by atoms with Crippen molar-refractivity contribution in [1.82, 2.24) is 14.9 Å². The third-order valence-corrected chi connectivity index (χ3v) is 6.66. The van der Waals surface area contributed by atoms with Crippen LogP contribution in [0.3, 0.4) is 0 Å². The van der Waals surface area contributed by atoms with E-state index in [0.29, 0.717) is 22.3 Å². The predicted octanol–water partition coefficient (Wildman–Crippen LogP) is 4.90. The minimum absolute atomic E-state index is 0.333. The van der Waals surface area contributed by atoms with Crippen LogP contribution >= 0.6 is 11.3 Å². The second kappa shape index (κ2) is 8.85. The molecule has 166 valence electrons. The number of carbonyl (C=O) groups is 1. The van der Waals surface area contributed by atoms with Gasteiger partial charge in [0, 0.05) is 46.1 Å². The number of hydrogen-bond acceptors (Lipinski definition) is 8. The van der Waals surface area contributed by atoms with Crippen LogP contribution < -0.4 is 10.1 Å². The standard InChI is InChI=1S/C22H18N6O3S2/c1-14-10-17(12-18(25-14)31-2)20-19(16-5-3-4-15(11-16)13-23)26-21(32-20)27-22(29)28-6-8-33(24,30)9-7-28/h3-12,24H,1-2H3,(H,26,27,29). The summed E-state index contributed by atoms with van der Waals surface area (Å²) in [6.45, 7) is 1.85. The molecule has 1 aliphatic heterocycles. The van der Waals surface area contributed by atoms with E-state index in [-0.39, 0.29) is 0 Å². The number of carbonyl (C=O) groups excluding carboxylic acids is 1. The van der Waals surface area contributed by atoms with Crippen LogP contribution in [-0.2, 0) is 9.73 Å². The molecule has 2 N–H and O–H groups in total. The highest BCUT2D eigenvalue weighted by molar-refractivity contribution is 7.98. The average molecular weight is 479 g/mol. The summed E-state index contributed by atoms with van der Waals surface area (Å²) in [6, 6.07) is 12.3. The van der Waals surface area contributed by atoms with E-state index in [1.54, 1.807) is 24.3 Å². The molecule has 4 rings (SSSR count). The Morgan fingerprint density at radius 2 is 1.97 bits per heavy atom. The van der Waals surface area contributed by atoms with Gasteiger partial charge in [0.2, 0.25) is 5.88 Å². The number of anilines is 1. The molecule has 2 amide bonds. The Bertz CT molecular complexity index is 1430. The van der Waals surface area contributed by atoms with E-state index in [1.807, 2.05) is 19.1 Å². The van der Waals surface area contributed by atoms with Crippen LogP contribution in [0.2, 0.25) is 0 Å². The van der Waals surface area contributed by atoms with Crippen molar-refractivity contribution in [3.8, 4) is 33.6 Å². The highest BCUT2D eigenvalue weighted by atomic mass is 32.2. The van der Waals surface area contributed by atoms with Crippen LogP contribution in [0.5, 0.6) is 5.88 Å². The number of amides is 2. The smallest absolute Gasteiger partial charge is 0.331 e. The number of nitrogens with one attached hydrogen (secondary N) is 2. The third kappa shape index (κ3) is 4.92. The normalized spacial score (nSPS) is 14.0. The van der Waals surface area contributed by atoms with E-state index in [2.05, 4.69) is 21.4 Å². The number of hydrogen-bond donors (Lipinski definition) is 2. The third-order valence-electron chi connectivity index (χ3n) is 4.59. The maximum atomic E-state index is 12.7.